The number of aliphatic hydroxyl groups excluding tert-OH is 2. The van der Waals surface area contributed by atoms with Crippen LogP contribution in [0.3, 0.4) is 0 Å². The van der Waals surface area contributed by atoms with Crippen molar-refractivity contribution in [1.82, 2.24) is 14.8 Å². The highest BCUT2D eigenvalue weighted by Crippen LogP contribution is 2.31. The van der Waals surface area contributed by atoms with Crippen molar-refractivity contribution in [3.05, 3.63) is 18.5 Å². The predicted octanol–water partition coefficient (Wildman–Crippen LogP) is -0.346. The van der Waals surface area contributed by atoms with Gasteiger partial charge in [-0.1, -0.05) is 0 Å². The SMILES string of the molecule is Nc1nccc2c1cnn2[C@H]1C[C@H](O)[C@@H](CO)O1. The van der Waals surface area contributed by atoms with Crippen molar-refractivity contribution in [1.29, 1.82) is 0 Å². The van der Waals surface area contributed by atoms with E-state index in [0.717, 1.165) is 10.9 Å². The van der Waals surface area contributed by atoms with Crippen LogP contribution in [0.2, 0.25) is 0 Å². The molecule has 1 aliphatic rings. The predicted molar refractivity (Wildman–Crippen MR) is 63.6 cm³/mol. The molecule has 2 aromatic heterocycles. The van der Waals surface area contributed by atoms with E-state index in [2.05, 4.69) is 10.1 Å². The highest BCUT2D eigenvalue weighted by Gasteiger charge is 2.35. The number of nitrogen functional groups attached to an aromatic ring is 1. The lowest BCUT2D eigenvalue weighted by Crippen LogP contribution is -2.24. The monoisotopic (exact) mass is 250 g/mol. The van der Waals surface area contributed by atoms with Gasteiger partial charge in [-0.15, -0.1) is 0 Å². The van der Waals surface area contributed by atoms with Crippen LogP contribution in [-0.2, 0) is 4.74 Å². The Bertz CT molecular complexity index is 570. The van der Waals surface area contributed by atoms with Gasteiger partial charge in [-0.05, 0) is 6.07 Å². The van der Waals surface area contributed by atoms with E-state index in [1.165, 1.54) is 0 Å². The molecular formula is C11H14N4O3. The fourth-order valence-electron chi connectivity index (χ4n) is 2.25. The number of aliphatic hydroxyl groups is 2. The van der Waals surface area contributed by atoms with Crippen LogP contribution in [0, 0.1) is 0 Å². The molecule has 96 valence electrons. The lowest BCUT2D eigenvalue weighted by molar-refractivity contribution is -0.0468. The molecule has 3 atom stereocenters. The van der Waals surface area contributed by atoms with Crippen LogP contribution in [0.5, 0.6) is 0 Å². The number of pyridine rings is 1. The van der Waals surface area contributed by atoms with Crippen molar-refractivity contribution >= 4 is 16.7 Å². The van der Waals surface area contributed by atoms with Gasteiger partial charge < -0.3 is 20.7 Å². The Morgan fingerprint density at radius 3 is 3.11 bits per heavy atom. The van der Waals surface area contributed by atoms with Crippen LogP contribution in [0.4, 0.5) is 5.82 Å². The normalized spacial score (nSPS) is 28.0. The van der Waals surface area contributed by atoms with E-state index in [1.54, 1.807) is 23.1 Å². The molecule has 1 aliphatic heterocycles. The number of rotatable bonds is 2. The van der Waals surface area contributed by atoms with Crippen LogP contribution in [0.1, 0.15) is 12.6 Å². The third-order valence-corrected chi connectivity index (χ3v) is 3.21. The fraction of sp³-hybridized carbons (Fsp3) is 0.455. The van der Waals surface area contributed by atoms with Crippen LogP contribution in [0.15, 0.2) is 18.5 Å². The molecule has 1 fully saturated rings. The zero-order chi connectivity index (χ0) is 12.7. The minimum atomic E-state index is -0.682. The van der Waals surface area contributed by atoms with E-state index in [0.29, 0.717) is 12.2 Å². The Morgan fingerprint density at radius 2 is 2.39 bits per heavy atom. The number of hydrogen-bond donors (Lipinski definition) is 3. The summed E-state index contributed by atoms with van der Waals surface area (Å²) in [7, 11) is 0. The van der Waals surface area contributed by atoms with Gasteiger partial charge in [0.1, 0.15) is 11.9 Å². The van der Waals surface area contributed by atoms with Crippen LogP contribution < -0.4 is 5.73 Å². The second kappa shape index (κ2) is 4.20. The third kappa shape index (κ3) is 1.64. The highest BCUT2D eigenvalue weighted by molar-refractivity contribution is 5.87. The second-order valence-corrected chi connectivity index (χ2v) is 4.33. The molecule has 0 unspecified atom stereocenters. The zero-order valence-corrected chi connectivity index (χ0v) is 9.60. The summed E-state index contributed by atoms with van der Waals surface area (Å²) >= 11 is 0. The molecule has 3 heterocycles. The minimum absolute atomic E-state index is 0.208. The Labute approximate surface area is 103 Å². The average molecular weight is 250 g/mol. The summed E-state index contributed by atoms with van der Waals surface area (Å²) in [5.41, 5.74) is 6.56. The molecule has 0 aromatic carbocycles. The number of aromatic nitrogens is 3. The van der Waals surface area contributed by atoms with E-state index in [9.17, 15) is 5.11 Å². The van der Waals surface area contributed by atoms with Gasteiger partial charge >= 0.3 is 0 Å². The Kier molecular flexibility index (Phi) is 2.66. The first-order valence-corrected chi connectivity index (χ1v) is 5.73. The Balaban J connectivity index is 1.99. The number of fused-ring (bicyclic) bond motifs is 1. The van der Waals surface area contributed by atoms with Gasteiger partial charge in [-0.3, -0.25) is 0 Å². The van der Waals surface area contributed by atoms with E-state index in [1.807, 2.05) is 0 Å². The summed E-state index contributed by atoms with van der Waals surface area (Å²) in [5.74, 6) is 0.413. The lowest BCUT2D eigenvalue weighted by Gasteiger charge is -2.13. The Morgan fingerprint density at radius 1 is 1.56 bits per heavy atom. The smallest absolute Gasteiger partial charge is 0.154 e. The molecule has 0 aliphatic carbocycles. The van der Waals surface area contributed by atoms with Crippen molar-refractivity contribution in [2.75, 3.05) is 12.3 Å². The van der Waals surface area contributed by atoms with Gasteiger partial charge in [0.15, 0.2) is 6.23 Å². The maximum atomic E-state index is 9.72. The molecule has 18 heavy (non-hydrogen) atoms. The highest BCUT2D eigenvalue weighted by atomic mass is 16.5. The summed E-state index contributed by atoms with van der Waals surface area (Å²) in [6, 6.07) is 1.79. The summed E-state index contributed by atoms with van der Waals surface area (Å²) in [5, 5.41) is 23.8. The van der Waals surface area contributed by atoms with E-state index in [-0.39, 0.29) is 6.61 Å². The number of ether oxygens (including phenoxy) is 1. The first kappa shape index (κ1) is 11.4. The molecule has 0 bridgehead atoms. The van der Waals surface area contributed by atoms with Crippen LogP contribution in [0.25, 0.3) is 10.9 Å². The topological polar surface area (TPSA) is 106 Å². The lowest BCUT2D eigenvalue weighted by atomic mass is 10.2. The van der Waals surface area contributed by atoms with Crippen LogP contribution in [-0.4, -0.2) is 43.8 Å². The maximum Gasteiger partial charge on any atom is 0.154 e. The minimum Gasteiger partial charge on any atom is -0.394 e. The van der Waals surface area contributed by atoms with Crippen molar-refractivity contribution in [3.63, 3.8) is 0 Å². The van der Waals surface area contributed by atoms with Gasteiger partial charge in [-0.2, -0.15) is 5.10 Å². The van der Waals surface area contributed by atoms with Crippen molar-refractivity contribution in [3.8, 4) is 0 Å². The summed E-state index contributed by atoms with van der Waals surface area (Å²) in [4.78, 5) is 3.99. The van der Waals surface area contributed by atoms with Gasteiger partial charge in [0.25, 0.3) is 0 Å². The van der Waals surface area contributed by atoms with Gasteiger partial charge in [0.2, 0.25) is 0 Å². The Hall–Kier alpha value is -1.70. The summed E-state index contributed by atoms with van der Waals surface area (Å²) in [6.45, 7) is -0.208. The zero-order valence-electron chi connectivity index (χ0n) is 9.60. The van der Waals surface area contributed by atoms with Gasteiger partial charge in [0, 0.05) is 12.6 Å². The average Bonchev–Trinajstić information content (AvgIpc) is 2.93. The molecule has 4 N–H and O–H groups in total. The third-order valence-electron chi connectivity index (χ3n) is 3.21. The number of anilines is 1. The van der Waals surface area contributed by atoms with Gasteiger partial charge in [0.05, 0.1) is 29.8 Å². The molecule has 0 spiro atoms. The molecule has 7 nitrogen and oxygen atoms in total. The van der Waals surface area contributed by atoms with E-state index in [4.69, 9.17) is 15.6 Å². The summed E-state index contributed by atoms with van der Waals surface area (Å²) in [6.07, 6.45) is 1.98. The van der Waals surface area contributed by atoms with E-state index < -0.39 is 18.4 Å². The quantitative estimate of drug-likeness (QED) is 0.673. The van der Waals surface area contributed by atoms with Crippen molar-refractivity contribution in [2.45, 2.75) is 24.9 Å². The van der Waals surface area contributed by atoms with Crippen LogP contribution >= 0.6 is 0 Å². The van der Waals surface area contributed by atoms with E-state index >= 15 is 0 Å². The van der Waals surface area contributed by atoms with Gasteiger partial charge in [-0.25, -0.2) is 9.67 Å². The maximum absolute atomic E-state index is 9.72. The number of nitrogens with zero attached hydrogens (tertiary/aromatic N) is 3. The first-order valence-electron chi connectivity index (χ1n) is 5.73. The first-order chi connectivity index (χ1) is 8.70. The largest absolute Gasteiger partial charge is 0.394 e. The molecule has 0 radical (unpaired) electrons. The van der Waals surface area contributed by atoms with Crippen molar-refractivity contribution < 1.29 is 14.9 Å². The molecule has 1 saturated heterocycles. The second-order valence-electron chi connectivity index (χ2n) is 4.33. The molecule has 3 rings (SSSR count). The number of nitrogens with two attached hydrogens (primary N) is 1. The molecule has 0 amide bonds. The molecular weight excluding hydrogens is 236 g/mol. The standard InChI is InChI=1S/C11H14N4O3/c12-11-6-4-14-15(7(6)1-2-13-11)10-3-8(17)9(5-16)18-10/h1-2,4,8-10,16-17H,3,5H2,(H2,12,13)/t8-,9+,10+/m0/s1. The van der Waals surface area contributed by atoms with Crippen molar-refractivity contribution in [2.24, 2.45) is 0 Å². The summed E-state index contributed by atoms with van der Waals surface area (Å²) < 4.78 is 7.21. The molecule has 7 heteroatoms. The molecule has 2 aromatic rings. The molecule has 0 saturated carbocycles. The number of hydrogen-bond acceptors (Lipinski definition) is 6. The fourth-order valence-corrected chi connectivity index (χ4v) is 2.25.